The van der Waals surface area contributed by atoms with Crippen LogP contribution in [0.25, 0.3) is 0 Å². The van der Waals surface area contributed by atoms with E-state index in [2.05, 4.69) is 5.10 Å². The van der Waals surface area contributed by atoms with Gasteiger partial charge in [-0.15, -0.1) is 0 Å². The van der Waals surface area contributed by atoms with Crippen LogP contribution in [0.1, 0.15) is 32.1 Å². The van der Waals surface area contributed by atoms with Crippen LogP contribution in [0.15, 0.2) is 18.5 Å². The van der Waals surface area contributed by atoms with Crippen molar-refractivity contribution in [3.05, 3.63) is 18.5 Å². The summed E-state index contributed by atoms with van der Waals surface area (Å²) in [6.07, 6.45) is 8.66. The number of rotatable bonds is 5. The van der Waals surface area contributed by atoms with Crippen molar-refractivity contribution in [1.29, 1.82) is 0 Å². The molecule has 1 aromatic rings. The molecule has 2 unspecified atom stereocenters. The zero-order chi connectivity index (χ0) is 15.8. The van der Waals surface area contributed by atoms with Gasteiger partial charge in [0.15, 0.2) is 0 Å². The van der Waals surface area contributed by atoms with Gasteiger partial charge in [-0.1, -0.05) is 0 Å². The van der Waals surface area contributed by atoms with Gasteiger partial charge in [-0.2, -0.15) is 5.10 Å². The van der Waals surface area contributed by atoms with Gasteiger partial charge in [0.1, 0.15) is 0 Å². The van der Waals surface area contributed by atoms with Crippen LogP contribution in [0.5, 0.6) is 0 Å². The summed E-state index contributed by atoms with van der Waals surface area (Å²) in [6, 6.07) is 2.13. The van der Waals surface area contributed by atoms with Gasteiger partial charge in [0.05, 0.1) is 18.5 Å². The van der Waals surface area contributed by atoms with Crippen molar-refractivity contribution in [2.24, 2.45) is 11.8 Å². The number of hydrogen-bond donors (Lipinski definition) is 0. The number of carbonyl (C=O) groups excluding carboxylic acids is 2. The van der Waals surface area contributed by atoms with Gasteiger partial charge < -0.3 is 9.80 Å². The average Bonchev–Trinajstić information content (AvgIpc) is 2.94. The van der Waals surface area contributed by atoms with Crippen molar-refractivity contribution < 1.29 is 9.59 Å². The number of amides is 2. The van der Waals surface area contributed by atoms with Gasteiger partial charge in [0.25, 0.3) is 0 Å². The molecule has 6 heteroatoms. The van der Waals surface area contributed by atoms with E-state index in [4.69, 9.17) is 0 Å². The maximum Gasteiger partial charge on any atom is 0.228 e. The Bertz CT molecular complexity index is 581. The molecule has 124 valence electrons. The van der Waals surface area contributed by atoms with E-state index in [0.29, 0.717) is 18.9 Å². The first kappa shape index (κ1) is 14.7. The van der Waals surface area contributed by atoms with Gasteiger partial charge in [-0.25, -0.2) is 0 Å². The third-order valence-corrected chi connectivity index (χ3v) is 5.36. The van der Waals surface area contributed by atoms with E-state index in [1.807, 2.05) is 26.7 Å². The van der Waals surface area contributed by atoms with Crippen molar-refractivity contribution in [3.63, 3.8) is 0 Å². The molecule has 4 rings (SSSR count). The summed E-state index contributed by atoms with van der Waals surface area (Å²) in [5.41, 5.74) is 0. The molecule has 2 atom stereocenters. The standard InChI is InChI=1S/C17H24N4O2/c22-16-9-14(11-19(16)10-13-4-5-13)17(23)21-8-1-3-15(21)12-20-7-2-6-18-20/h2,6-7,13-15H,1,3-5,8-12H2. The highest BCUT2D eigenvalue weighted by molar-refractivity contribution is 5.89. The molecule has 0 aromatic carbocycles. The third-order valence-electron chi connectivity index (χ3n) is 5.36. The molecule has 23 heavy (non-hydrogen) atoms. The van der Waals surface area contributed by atoms with Crippen LogP contribution in [-0.4, -0.2) is 57.1 Å². The molecule has 3 aliphatic rings. The fourth-order valence-corrected chi connectivity index (χ4v) is 3.90. The van der Waals surface area contributed by atoms with E-state index in [9.17, 15) is 9.59 Å². The van der Waals surface area contributed by atoms with Gasteiger partial charge in [-0.05, 0) is 37.7 Å². The predicted octanol–water partition coefficient (Wildman–Crippen LogP) is 1.13. The maximum atomic E-state index is 12.9. The smallest absolute Gasteiger partial charge is 0.228 e. The normalized spacial score (nSPS) is 27.9. The topological polar surface area (TPSA) is 58.4 Å². The molecule has 3 heterocycles. The van der Waals surface area contributed by atoms with Crippen molar-refractivity contribution in [3.8, 4) is 0 Å². The van der Waals surface area contributed by atoms with Gasteiger partial charge in [0.2, 0.25) is 11.8 Å². The van der Waals surface area contributed by atoms with Gasteiger partial charge >= 0.3 is 0 Å². The van der Waals surface area contributed by atoms with Crippen LogP contribution in [0, 0.1) is 11.8 Å². The van der Waals surface area contributed by atoms with E-state index in [-0.39, 0.29) is 23.8 Å². The quantitative estimate of drug-likeness (QED) is 0.818. The lowest BCUT2D eigenvalue weighted by molar-refractivity contribution is -0.136. The summed E-state index contributed by atoms with van der Waals surface area (Å²) in [4.78, 5) is 29.0. The molecule has 0 bridgehead atoms. The summed E-state index contributed by atoms with van der Waals surface area (Å²) in [6.45, 7) is 3.06. The van der Waals surface area contributed by atoms with Crippen LogP contribution < -0.4 is 0 Å². The first-order valence-corrected chi connectivity index (χ1v) is 8.76. The summed E-state index contributed by atoms with van der Waals surface area (Å²) in [7, 11) is 0. The molecule has 2 aliphatic heterocycles. The second-order valence-electron chi connectivity index (χ2n) is 7.20. The molecule has 1 aromatic heterocycles. The molecular formula is C17H24N4O2. The summed E-state index contributed by atoms with van der Waals surface area (Å²) in [5, 5.41) is 4.25. The third kappa shape index (κ3) is 3.12. The summed E-state index contributed by atoms with van der Waals surface area (Å²) >= 11 is 0. The van der Waals surface area contributed by atoms with E-state index in [0.717, 1.165) is 32.5 Å². The van der Waals surface area contributed by atoms with Crippen molar-refractivity contribution in [1.82, 2.24) is 19.6 Å². The largest absolute Gasteiger partial charge is 0.342 e. The molecule has 3 fully saturated rings. The van der Waals surface area contributed by atoms with Crippen LogP contribution >= 0.6 is 0 Å². The molecule has 2 amide bonds. The molecule has 6 nitrogen and oxygen atoms in total. The molecule has 0 spiro atoms. The highest BCUT2D eigenvalue weighted by Gasteiger charge is 2.41. The summed E-state index contributed by atoms with van der Waals surface area (Å²) < 4.78 is 1.90. The maximum absolute atomic E-state index is 12.9. The molecule has 1 saturated carbocycles. The minimum absolute atomic E-state index is 0.139. The van der Waals surface area contributed by atoms with E-state index < -0.39 is 0 Å². The SMILES string of the molecule is O=C1CC(C(=O)N2CCCC2Cn2cccn2)CN1CC1CC1. The van der Waals surface area contributed by atoms with E-state index in [1.165, 1.54) is 12.8 Å². The predicted molar refractivity (Wildman–Crippen MR) is 84.4 cm³/mol. The molecule has 1 aliphatic carbocycles. The second-order valence-corrected chi connectivity index (χ2v) is 7.20. The van der Waals surface area contributed by atoms with Crippen molar-refractivity contribution in [2.75, 3.05) is 19.6 Å². The van der Waals surface area contributed by atoms with E-state index in [1.54, 1.807) is 6.20 Å². The number of nitrogens with zero attached hydrogens (tertiary/aromatic N) is 4. The van der Waals surface area contributed by atoms with Gasteiger partial charge in [-0.3, -0.25) is 14.3 Å². The molecule has 0 N–H and O–H groups in total. The first-order valence-electron chi connectivity index (χ1n) is 8.76. The minimum Gasteiger partial charge on any atom is -0.342 e. The monoisotopic (exact) mass is 316 g/mol. The lowest BCUT2D eigenvalue weighted by Gasteiger charge is -2.27. The first-order chi connectivity index (χ1) is 11.2. The number of likely N-dealkylation sites (tertiary alicyclic amines) is 2. The van der Waals surface area contributed by atoms with E-state index >= 15 is 0 Å². The summed E-state index contributed by atoms with van der Waals surface area (Å²) in [5.74, 6) is 0.885. The lowest BCUT2D eigenvalue weighted by Crippen LogP contribution is -2.42. The lowest BCUT2D eigenvalue weighted by atomic mass is 10.1. The number of carbonyl (C=O) groups is 2. The highest BCUT2D eigenvalue weighted by Crippen LogP contribution is 2.33. The van der Waals surface area contributed by atoms with Crippen molar-refractivity contribution >= 4 is 11.8 Å². The Kier molecular flexibility index (Phi) is 3.83. The van der Waals surface area contributed by atoms with Crippen LogP contribution in [0.3, 0.4) is 0 Å². The van der Waals surface area contributed by atoms with Gasteiger partial charge in [0, 0.05) is 38.4 Å². The Labute approximate surface area is 136 Å². The molecule has 2 saturated heterocycles. The Morgan fingerprint density at radius 2 is 2.13 bits per heavy atom. The second kappa shape index (κ2) is 5.98. The Morgan fingerprint density at radius 1 is 1.26 bits per heavy atom. The average molecular weight is 316 g/mol. The van der Waals surface area contributed by atoms with Crippen molar-refractivity contribution in [2.45, 2.75) is 44.7 Å². The zero-order valence-electron chi connectivity index (χ0n) is 13.4. The fraction of sp³-hybridized carbons (Fsp3) is 0.706. The number of hydrogen-bond acceptors (Lipinski definition) is 3. The highest BCUT2D eigenvalue weighted by atomic mass is 16.2. The Hall–Kier alpha value is -1.85. The van der Waals surface area contributed by atoms with Crippen LogP contribution in [0.4, 0.5) is 0 Å². The minimum atomic E-state index is -0.139. The number of aromatic nitrogens is 2. The molecule has 0 radical (unpaired) electrons. The Morgan fingerprint density at radius 3 is 2.87 bits per heavy atom. The fourth-order valence-electron chi connectivity index (χ4n) is 3.90. The zero-order valence-corrected chi connectivity index (χ0v) is 13.4. The van der Waals surface area contributed by atoms with Crippen LogP contribution in [-0.2, 0) is 16.1 Å². The van der Waals surface area contributed by atoms with Crippen LogP contribution in [0.2, 0.25) is 0 Å². The molecular weight excluding hydrogens is 292 g/mol. The Balaban J connectivity index is 1.38.